The first-order valence-electron chi connectivity index (χ1n) is 6.82. The number of hydrogen-bond donors (Lipinski definition) is 0. The molecule has 2 fully saturated rings. The lowest BCUT2D eigenvalue weighted by Gasteiger charge is -2.13. The van der Waals surface area contributed by atoms with Crippen LogP contribution in [0.4, 0.5) is 0 Å². The summed E-state index contributed by atoms with van der Waals surface area (Å²) in [6.07, 6.45) is 2.81. The van der Waals surface area contributed by atoms with E-state index in [2.05, 4.69) is 12.1 Å². The Morgan fingerprint density at radius 2 is 2.00 bits per heavy atom. The van der Waals surface area contributed by atoms with Gasteiger partial charge >= 0.3 is 0 Å². The van der Waals surface area contributed by atoms with Gasteiger partial charge in [0.15, 0.2) is 0 Å². The molecule has 0 radical (unpaired) electrons. The first-order valence-corrected chi connectivity index (χ1v) is 8.43. The Hall–Kier alpha value is -0.910. The molecule has 0 N–H and O–H groups in total. The van der Waals surface area contributed by atoms with E-state index in [1.165, 1.54) is 10.0 Å². The molecule has 3 rings (SSSR count). The zero-order valence-electron chi connectivity index (χ0n) is 10.9. The molecule has 0 aromatic heterocycles. The Morgan fingerprint density at radius 1 is 1.21 bits per heavy atom. The average Bonchev–Trinajstić information content (AvgIpc) is 2.92. The van der Waals surface area contributed by atoms with Gasteiger partial charge in [-0.2, -0.15) is 0 Å². The zero-order chi connectivity index (χ0) is 13.3. The van der Waals surface area contributed by atoms with Crippen molar-refractivity contribution >= 4 is 10.0 Å². The number of nitrogens with zero attached hydrogens (tertiary/aromatic N) is 1. The Bertz CT molecular complexity index is 523. The topological polar surface area (TPSA) is 46.6 Å². The van der Waals surface area contributed by atoms with Gasteiger partial charge in [-0.15, -0.1) is 0 Å². The molecule has 0 amide bonds. The molecule has 1 heterocycles. The van der Waals surface area contributed by atoms with E-state index in [0.717, 1.165) is 19.3 Å². The van der Waals surface area contributed by atoms with Crippen molar-refractivity contribution in [2.24, 2.45) is 11.8 Å². The van der Waals surface area contributed by atoms with Crippen LogP contribution in [0.25, 0.3) is 0 Å². The van der Waals surface area contributed by atoms with Crippen molar-refractivity contribution in [1.29, 1.82) is 0 Å². The number of rotatable bonds is 5. The third-order valence-electron chi connectivity index (χ3n) is 3.87. The normalized spacial score (nSPS) is 27.6. The fraction of sp³-hybridized carbons (Fsp3) is 0.571. The SMILES string of the molecule is O=S(=O)(CC1CC1Cc1ccccc1)N1CCCO1. The maximum atomic E-state index is 12.1. The Kier molecular flexibility index (Phi) is 3.60. The van der Waals surface area contributed by atoms with E-state index < -0.39 is 10.0 Å². The van der Waals surface area contributed by atoms with Gasteiger partial charge in [-0.1, -0.05) is 34.8 Å². The van der Waals surface area contributed by atoms with Crippen LogP contribution in [0.15, 0.2) is 30.3 Å². The van der Waals surface area contributed by atoms with Crippen molar-refractivity contribution < 1.29 is 13.3 Å². The monoisotopic (exact) mass is 281 g/mol. The smallest absolute Gasteiger partial charge is 0.236 e. The van der Waals surface area contributed by atoms with Crippen molar-refractivity contribution in [2.75, 3.05) is 18.9 Å². The van der Waals surface area contributed by atoms with Gasteiger partial charge < -0.3 is 0 Å². The van der Waals surface area contributed by atoms with Crippen LogP contribution in [-0.4, -0.2) is 31.8 Å². The maximum absolute atomic E-state index is 12.1. The fourth-order valence-corrected chi connectivity index (χ4v) is 4.44. The summed E-state index contributed by atoms with van der Waals surface area (Å²) < 4.78 is 25.3. The van der Waals surface area contributed by atoms with Gasteiger partial charge in [-0.3, -0.25) is 4.84 Å². The molecule has 1 saturated carbocycles. The predicted octanol–water partition coefficient (Wildman–Crippen LogP) is 1.83. The summed E-state index contributed by atoms with van der Waals surface area (Å²) in [7, 11) is -3.21. The van der Waals surface area contributed by atoms with Crippen LogP contribution >= 0.6 is 0 Å². The highest BCUT2D eigenvalue weighted by molar-refractivity contribution is 7.88. The van der Waals surface area contributed by atoms with Crippen molar-refractivity contribution in [3.05, 3.63) is 35.9 Å². The van der Waals surface area contributed by atoms with Crippen LogP contribution in [0.1, 0.15) is 18.4 Å². The van der Waals surface area contributed by atoms with Gasteiger partial charge in [0, 0.05) is 6.54 Å². The quantitative estimate of drug-likeness (QED) is 0.827. The number of hydroxylamine groups is 1. The van der Waals surface area contributed by atoms with Crippen molar-refractivity contribution in [1.82, 2.24) is 4.47 Å². The van der Waals surface area contributed by atoms with Crippen LogP contribution in [0.5, 0.6) is 0 Å². The van der Waals surface area contributed by atoms with E-state index in [9.17, 15) is 8.42 Å². The van der Waals surface area contributed by atoms with Gasteiger partial charge in [-0.25, -0.2) is 8.42 Å². The van der Waals surface area contributed by atoms with Crippen molar-refractivity contribution in [3.63, 3.8) is 0 Å². The van der Waals surface area contributed by atoms with Gasteiger partial charge in [0.1, 0.15) is 0 Å². The summed E-state index contributed by atoms with van der Waals surface area (Å²) in [4.78, 5) is 5.15. The molecule has 1 saturated heterocycles. The Balaban J connectivity index is 1.53. The largest absolute Gasteiger partial charge is 0.284 e. The van der Waals surface area contributed by atoms with Crippen molar-refractivity contribution in [2.45, 2.75) is 19.3 Å². The van der Waals surface area contributed by atoms with E-state index >= 15 is 0 Å². The summed E-state index contributed by atoms with van der Waals surface area (Å²) in [6.45, 7) is 1.04. The highest BCUT2D eigenvalue weighted by atomic mass is 32.2. The van der Waals surface area contributed by atoms with Crippen LogP contribution < -0.4 is 0 Å². The first kappa shape index (κ1) is 13.1. The molecule has 4 nitrogen and oxygen atoms in total. The maximum Gasteiger partial charge on any atom is 0.236 e. The third-order valence-corrected chi connectivity index (χ3v) is 5.62. The third kappa shape index (κ3) is 3.16. The highest BCUT2D eigenvalue weighted by Crippen LogP contribution is 2.42. The highest BCUT2D eigenvalue weighted by Gasteiger charge is 2.42. The first-order chi connectivity index (χ1) is 9.15. The Morgan fingerprint density at radius 3 is 2.68 bits per heavy atom. The second-order valence-electron chi connectivity index (χ2n) is 5.44. The van der Waals surface area contributed by atoms with Crippen molar-refractivity contribution in [3.8, 4) is 0 Å². The molecule has 5 heteroatoms. The van der Waals surface area contributed by atoms with Gasteiger partial charge in [0.2, 0.25) is 10.0 Å². The predicted molar refractivity (Wildman–Crippen MR) is 72.8 cm³/mol. The molecule has 104 valence electrons. The average molecular weight is 281 g/mol. The lowest BCUT2D eigenvalue weighted by atomic mass is 10.1. The number of sulfonamides is 1. The fourth-order valence-electron chi connectivity index (χ4n) is 2.68. The molecular formula is C14H19NO3S. The molecule has 1 aliphatic carbocycles. The standard InChI is InChI=1S/C14H19NO3S/c16-19(17,15-7-4-8-18-15)11-14-10-13(14)9-12-5-2-1-3-6-12/h1-3,5-6,13-14H,4,7-11H2. The minimum Gasteiger partial charge on any atom is -0.284 e. The van der Waals surface area contributed by atoms with Gasteiger partial charge in [0.05, 0.1) is 12.4 Å². The molecular weight excluding hydrogens is 262 g/mol. The van der Waals surface area contributed by atoms with E-state index in [1.807, 2.05) is 18.2 Å². The van der Waals surface area contributed by atoms with Gasteiger partial charge in [-0.05, 0) is 36.7 Å². The second-order valence-corrected chi connectivity index (χ2v) is 7.34. The van der Waals surface area contributed by atoms with Crippen LogP contribution in [0.3, 0.4) is 0 Å². The van der Waals surface area contributed by atoms with E-state index in [0.29, 0.717) is 25.0 Å². The minimum absolute atomic E-state index is 0.241. The van der Waals surface area contributed by atoms with Gasteiger partial charge in [0.25, 0.3) is 0 Å². The minimum atomic E-state index is -3.21. The molecule has 1 aliphatic heterocycles. The van der Waals surface area contributed by atoms with Crippen LogP contribution in [0, 0.1) is 11.8 Å². The summed E-state index contributed by atoms with van der Waals surface area (Å²) in [6, 6.07) is 10.3. The molecule has 2 aliphatic rings. The lowest BCUT2D eigenvalue weighted by molar-refractivity contribution is -0.0285. The molecule has 1 aromatic rings. The van der Waals surface area contributed by atoms with E-state index in [4.69, 9.17) is 4.84 Å². The molecule has 2 unspecified atom stereocenters. The van der Waals surface area contributed by atoms with Crippen LogP contribution in [-0.2, 0) is 21.3 Å². The summed E-state index contributed by atoms with van der Waals surface area (Å²) in [5.41, 5.74) is 1.30. The number of benzene rings is 1. The van der Waals surface area contributed by atoms with E-state index in [1.54, 1.807) is 0 Å². The number of hydrogen-bond acceptors (Lipinski definition) is 3. The summed E-state index contributed by atoms with van der Waals surface area (Å²) in [5, 5.41) is 0. The molecule has 1 aromatic carbocycles. The van der Waals surface area contributed by atoms with E-state index in [-0.39, 0.29) is 5.75 Å². The summed E-state index contributed by atoms with van der Waals surface area (Å²) >= 11 is 0. The lowest BCUT2D eigenvalue weighted by Crippen LogP contribution is -2.30. The molecule has 19 heavy (non-hydrogen) atoms. The molecule has 0 spiro atoms. The zero-order valence-corrected chi connectivity index (χ0v) is 11.7. The molecule has 0 bridgehead atoms. The molecule has 2 atom stereocenters. The van der Waals surface area contributed by atoms with Crippen LogP contribution in [0.2, 0.25) is 0 Å². The Labute approximate surface area is 114 Å². The second kappa shape index (κ2) is 5.23. The summed E-state index contributed by atoms with van der Waals surface area (Å²) in [5.74, 6) is 1.05.